The van der Waals surface area contributed by atoms with E-state index in [4.69, 9.17) is 0 Å². The molecule has 0 aromatic heterocycles. The Morgan fingerprint density at radius 2 is 2.00 bits per heavy atom. The second-order valence-electron chi connectivity index (χ2n) is 3.98. The lowest BCUT2D eigenvalue weighted by Gasteiger charge is -2.10. The molecule has 0 aliphatic rings. The molecule has 1 N–H and O–H groups in total. The second kappa shape index (κ2) is 5.98. The van der Waals surface area contributed by atoms with Gasteiger partial charge in [-0.25, -0.2) is 0 Å². The van der Waals surface area contributed by atoms with Gasteiger partial charge in [-0.15, -0.1) is 0 Å². The van der Waals surface area contributed by atoms with Crippen molar-refractivity contribution >= 4 is 11.6 Å². The highest BCUT2D eigenvalue weighted by Crippen LogP contribution is 2.12. The number of non-ortho nitro benzene ring substituents is 1. The Kier molecular flexibility index (Phi) is 4.63. The fourth-order valence-corrected chi connectivity index (χ4v) is 1.35. The topological polar surface area (TPSA) is 72.2 Å². The summed E-state index contributed by atoms with van der Waals surface area (Å²) in [4.78, 5) is 21.5. The number of benzene rings is 1. The van der Waals surface area contributed by atoms with Crippen molar-refractivity contribution in [2.45, 2.75) is 32.7 Å². The molecule has 0 aliphatic heterocycles. The van der Waals surface area contributed by atoms with Crippen molar-refractivity contribution in [3.8, 4) is 0 Å². The van der Waals surface area contributed by atoms with E-state index in [9.17, 15) is 14.9 Å². The molecule has 0 heterocycles. The second-order valence-corrected chi connectivity index (χ2v) is 3.98. The maximum absolute atomic E-state index is 11.6. The van der Waals surface area contributed by atoms with Gasteiger partial charge in [0.25, 0.3) is 5.69 Å². The van der Waals surface area contributed by atoms with Crippen LogP contribution in [0, 0.1) is 10.1 Å². The molecule has 0 radical (unpaired) electrons. The minimum absolute atomic E-state index is 0.0380. The molecule has 1 aromatic rings. The number of hydrogen-bond donors (Lipinski definition) is 1. The van der Waals surface area contributed by atoms with E-state index in [1.165, 1.54) is 12.1 Å². The predicted octanol–water partition coefficient (Wildman–Crippen LogP) is 2.05. The zero-order valence-corrected chi connectivity index (χ0v) is 9.97. The van der Waals surface area contributed by atoms with Crippen LogP contribution in [0.15, 0.2) is 24.3 Å². The number of nitro groups is 1. The van der Waals surface area contributed by atoms with Gasteiger partial charge in [-0.05, 0) is 18.9 Å². The Bertz CT molecular complexity index is 401. The summed E-state index contributed by atoms with van der Waals surface area (Å²) in [5, 5.41) is 13.3. The summed E-state index contributed by atoms with van der Waals surface area (Å²) in [6.07, 6.45) is 1.13. The SMILES string of the molecule is CCC(C)NC(=O)Cc1ccc([N+](=O)[O-])cc1. The smallest absolute Gasteiger partial charge is 0.269 e. The molecule has 92 valence electrons. The van der Waals surface area contributed by atoms with E-state index in [0.717, 1.165) is 12.0 Å². The van der Waals surface area contributed by atoms with Crippen LogP contribution in [-0.2, 0) is 11.2 Å². The van der Waals surface area contributed by atoms with Crippen LogP contribution in [0.5, 0.6) is 0 Å². The zero-order valence-electron chi connectivity index (χ0n) is 9.97. The average molecular weight is 236 g/mol. The molecular formula is C12H16N2O3. The number of amides is 1. The molecule has 0 fully saturated rings. The van der Waals surface area contributed by atoms with Gasteiger partial charge in [0.15, 0.2) is 0 Å². The van der Waals surface area contributed by atoms with Gasteiger partial charge in [0.1, 0.15) is 0 Å². The number of hydrogen-bond acceptors (Lipinski definition) is 3. The number of nitrogens with zero attached hydrogens (tertiary/aromatic N) is 1. The predicted molar refractivity (Wildman–Crippen MR) is 64.7 cm³/mol. The van der Waals surface area contributed by atoms with E-state index in [2.05, 4.69) is 5.32 Å². The Morgan fingerprint density at radius 3 is 2.47 bits per heavy atom. The highest BCUT2D eigenvalue weighted by molar-refractivity contribution is 5.78. The van der Waals surface area contributed by atoms with E-state index >= 15 is 0 Å². The first-order valence-electron chi connectivity index (χ1n) is 5.55. The first-order valence-corrected chi connectivity index (χ1v) is 5.55. The van der Waals surface area contributed by atoms with Gasteiger partial charge < -0.3 is 5.32 Å². The maximum atomic E-state index is 11.6. The number of carbonyl (C=O) groups excluding carboxylic acids is 1. The van der Waals surface area contributed by atoms with Gasteiger partial charge in [0.05, 0.1) is 11.3 Å². The van der Waals surface area contributed by atoms with E-state index in [0.29, 0.717) is 0 Å². The minimum atomic E-state index is -0.455. The van der Waals surface area contributed by atoms with Gasteiger partial charge in [-0.2, -0.15) is 0 Å². The lowest BCUT2D eigenvalue weighted by atomic mass is 10.1. The van der Waals surface area contributed by atoms with Crippen molar-refractivity contribution in [2.75, 3.05) is 0 Å². The third-order valence-electron chi connectivity index (χ3n) is 2.53. The van der Waals surface area contributed by atoms with Crippen molar-refractivity contribution in [1.82, 2.24) is 5.32 Å². The third kappa shape index (κ3) is 4.22. The average Bonchev–Trinajstić information content (AvgIpc) is 2.29. The summed E-state index contributed by atoms with van der Waals surface area (Å²) in [5.41, 5.74) is 0.812. The molecule has 1 amide bonds. The highest BCUT2D eigenvalue weighted by atomic mass is 16.6. The minimum Gasteiger partial charge on any atom is -0.353 e. The molecule has 1 rings (SSSR count). The van der Waals surface area contributed by atoms with Crippen molar-refractivity contribution < 1.29 is 9.72 Å². The van der Waals surface area contributed by atoms with Gasteiger partial charge in [-0.1, -0.05) is 19.1 Å². The Labute approximate surface area is 100.0 Å². The Morgan fingerprint density at radius 1 is 1.41 bits per heavy atom. The van der Waals surface area contributed by atoms with Crippen LogP contribution < -0.4 is 5.32 Å². The highest BCUT2D eigenvalue weighted by Gasteiger charge is 2.08. The standard InChI is InChI=1S/C12H16N2O3/c1-3-9(2)13-12(15)8-10-4-6-11(7-5-10)14(16)17/h4-7,9H,3,8H2,1-2H3,(H,13,15). The molecule has 0 saturated carbocycles. The lowest BCUT2D eigenvalue weighted by molar-refractivity contribution is -0.384. The summed E-state index contributed by atoms with van der Waals surface area (Å²) < 4.78 is 0. The van der Waals surface area contributed by atoms with Crippen molar-refractivity contribution in [3.05, 3.63) is 39.9 Å². The molecule has 1 aromatic carbocycles. The number of rotatable bonds is 5. The van der Waals surface area contributed by atoms with Crippen LogP contribution in [0.1, 0.15) is 25.8 Å². The van der Waals surface area contributed by atoms with E-state index in [1.54, 1.807) is 12.1 Å². The molecule has 0 aliphatic carbocycles. The largest absolute Gasteiger partial charge is 0.353 e. The van der Waals surface area contributed by atoms with E-state index in [-0.39, 0.29) is 24.1 Å². The lowest BCUT2D eigenvalue weighted by Crippen LogP contribution is -2.33. The molecule has 1 atom stereocenters. The molecule has 5 nitrogen and oxygen atoms in total. The van der Waals surface area contributed by atoms with Crippen LogP contribution >= 0.6 is 0 Å². The van der Waals surface area contributed by atoms with Crippen LogP contribution in [0.2, 0.25) is 0 Å². The van der Waals surface area contributed by atoms with E-state index in [1.807, 2.05) is 13.8 Å². The van der Waals surface area contributed by atoms with Crippen LogP contribution in [0.25, 0.3) is 0 Å². The summed E-state index contributed by atoms with van der Waals surface area (Å²) >= 11 is 0. The van der Waals surface area contributed by atoms with Crippen LogP contribution in [-0.4, -0.2) is 16.9 Å². The number of carbonyl (C=O) groups is 1. The summed E-state index contributed by atoms with van der Waals surface area (Å²) in [5.74, 6) is -0.0618. The van der Waals surface area contributed by atoms with Crippen molar-refractivity contribution in [2.24, 2.45) is 0 Å². The molecule has 0 bridgehead atoms. The zero-order chi connectivity index (χ0) is 12.8. The van der Waals surface area contributed by atoms with Crippen LogP contribution in [0.3, 0.4) is 0 Å². The summed E-state index contributed by atoms with van der Waals surface area (Å²) in [6.45, 7) is 3.94. The Hall–Kier alpha value is -1.91. The van der Waals surface area contributed by atoms with Gasteiger partial charge in [0, 0.05) is 18.2 Å². The Balaban J connectivity index is 2.57. The fourth-order valence-electron chi connectivity index (χ4n) is 1.35. The number of nitrogens with one attached hydrogen (secondary N) is 1. The van der Waals surface area contributed by atoms with E-state index < -0.39 is 4.92 Å². The van der Waals surface area contributed by atoms with Gasteiger partial charge in [-0.3, -0.25) is 14.9 Å². The summed E-state index contributed by atoms with van der Waals surface area (Å²) in [7, 11) is 0. The monoisotopic (exact) mass is 236 g/mol. The quantitative estimate of drug-likeness (QED) is 0.628. The molecular weight excluding hydrogens is 220 g/mol. The normalized spacial score (nSPS) is 11.9. The summed E-state index contributed by atoms with van der Waals surface area (Å²) in [6, 6.07) is 6.18. The molecule has 0 saturated heterocycles. The molecule has 17 heavy (non-hydrogen) atoms. The number of nitro benzene ring substituents is 1. The van der Waals surface area contributed by atoms with Crippen molar-refractivity contribution in [1.29, 1.82) is 0 Å². The maximum Gasteiger partial charge on any atom is 0.269 e. The third-order valence-corrected chi connectivity index (χ3v) is 2.53. The van der Waals surface area contributed by atoms with Crippen molar-refractivity contribution in [3.63, 3.8) is 0 Å². The molecule has 0 spiro atoms. The molecule has 5 heteroatoms. The first kappa shape index (κ1) is 13.2. The van der Waals surface area contributed by atoms with Gasteiger partial charge in [0.2, 0.25) is 5.91 Å². The fraction of sp³-hybridized carbons (Fsp3) is 0.417. The molecule has 1 unspecified atom stereocenters. The first-order chi connectivity index (χ1) is 8.02. The van der Waals surface area contributed by atoms with Crippen LogP contribution in [0.4, 0.5) is 5.69 Å². The van der Waals surface area contributed by atoms with Gasteiger partial charge >= 0.3 is 0 Å².